The monoisotopic (exact) mass is 170 g/mol. The molecular weight excluding hydrogens is 164 g/mol. The Hall–Kier alpha value is -2.19. The topological polar surface area (TPSA) is 26.3 Å². The Morgan fingerprint density at radius 2 is 2.00 bits per heavy atom. The van der Waals surface area contributed by atoms with Gasteiger partial charge in [0.1, 0.15) is 6.11 Å². The van der Waals surface area contributed by atoms with E-state index in [-0.39, 0.29) is 0 Å². The smallest absolute Gasteiger partial charge is 0.352 e. The van der Waals surface area contributed by atoms with E-state index in [0.717, 1.165) is 0 Å². The van der Waals surface area contributed by atoms with Gasteiger partial charge in [-0.15, -0.1) is 6.42 Å². The molecule has 0 aliphatic heterocycles. The van der Waals surface area contributed by atoms with Crippen molar-refractivity contribution in [1.29, 1.82) is 0 Å². The largest absolute Gasteiger partial charge is 0.367 e. The molecule has 0 saturated heterocycles. The summed E-state index contributed by atoms with van der Waals surface area (Å²) in [6, 6.07) is 8.57. The molecule has 1 rings (SSSR count). The van der Waals surface area contributed by atoms with Gasteiger partial charge < -0.3 is 4.74 Å². The van der Waals surface area contributed by atoms with Crippen molar-refractivity contribution in [2.75, 3.05) is 0 Å². The van der Waals surface area contributed by atoms with E-state index in [4.69, 9.17) is 6.42 Å². The maximum Gasteiger partial charge on any atom is 0.352 e. The molecule has 0 radical (unpaired) electrons. The zero-order chi connectivity index (χ0) is 9.52. The predicted molar refractivity (Wildman–Crippen MR) is 48.5 cm³/mol. The van der Waals surface area contributed by atoms with E-state index >= 15 is 0 Å². The fourth-order valence-corrected chi connectivity index (χ4v) is 0.734. The highest BCUT2D eigenvalue weighted by molar-refractivity contribution is 5.89. The van der Waals surface area contributed by atoms with Crippen molar-refractivity contribution in [2.45, 2.75) is 0 Å². The second-order valence-corrected chi connectivity index (χ2v) is 2.13. The molecule has 0 bridgehead atoms. The predicted octanol–water partition coefficient (Wildman–Crippen LogP) is 1.44. The van der Waals surface area contributed by atoms with Crippen LogP contribution in [0.3, 0.4) is 0 Å². The molecule has 0 aliphatic rings. The third kappa shape index (κ3) is 2.73. The van der Waals surface area contributed by atoms with E-state index < -0.39 is 5.97 Å². The van der Waals surface area contributed by atoms with Crippen LogP contribution in [0.25, 0.3) is 0 Å². The van der Waals surface area contributed by atoms with Gasteiger partial charge in [-0.05, 0) is 18.1 Å². The summed E-state index contributed by atoms with van der Waals surface area (Å²) in [4.78, 5) is 11.1. The van der Waals surface area contributed by atoms with Crippen LogP contribution in [0.2, 0.25) is 0 Å². The molecule has 2 heteroatoms. The lowest BCUT2D eigenvalue weighted by Crippen LogP contribution is -1.99. The number of rotatable bonds is 1. The van der Waals surface area contributed by atoms with Crippen molar-refractivity contribution in [3.63, 3.8) is 0 Å². The number of terminal acetylenes is 1. The molecule has 0 aromatic heterocycles. The summed E-state index contributed by atoms with van der Waals surface area (Å²) in [7, 11) is 0. The number of esters is 1. The third-order valence-corrected chi connectivity index (χ3v) is 1.28. The first-order chi connectivity index (χ1) is 6.34. The molecule has 0 spiro atoms. The zero-order valence-electron chi connectivity index (χ0n) is 6.78. The lowest BCUT2D eigenvalue weighted by atomic mass is 10.2. The lowest BCUT2D eigenvalue weighted by Gasteiger charge is -1.94. The standard InChI is InChI=1S/C11H6O2/c1-2-3-9-13-11(12)10-7-5-4-6-8-10/h1,4-8H. The van der Waals surface area contributed by atoms with Gasteiger partial charge in [-0.3, -0.25) is 0 Å². The van der Waals surface area contributed by atoms with Gasteiger partial charge in [-0.25, -0.2) is 4.79 Å². The second kappa shape index (κ2) is 4.64. The van der Waals surface area contributed by atoms with E-state index in [1.165, 1.54) is 0 Å². The van der Waals surface area contributed by atoms with E-state index in [1.54, 1.807) is 24.3 Å². The molecule has 0 aliphatic carbocycles. The van der Waals surface area contributed by atoms with E-state index in [9.17, 15) is 4.79 Å². The fraction of sp³-hybridized carbons (Fsp3) is 0. The fourth-order valence-electron chi connectivity index (χ4n) is 0.734. The highest BCUT2D eigenvalue weighted by atomic mass is 16.5. The molecule has 1 aromatic rings. The summed E-state index contributed by atoms with van der Waals surface area (Å²) >= 11 is 0. The molecule has 2 nitrogen and oxygen atoms in total. The Bertz CT molecular complexity index is 388. The Morgan fingerprint density at radius 3 is 2.62 bits per heavy atom. The molecule has 13 heavy (non-hydrogen) atoms. The first-order valence-electron chi connectivity index (χ1n) is 3.56. The highest BCUT2D eigenvalue weighted by Crippen LogP contribution is 1.99. The molecule has 0 saturated carbocycles. The normalized spacial score (nSPS) is 7.62. The van der Waals surface area contributed by atoms with Crippen LogP contribution in [0.15, 0.2) is 30.3 Å². The van der Waals surface area contributed by atoms with Crippen LogP contribution >= 0.6 is 0 Å². The molecule has 1 aromatic carbocycles. The summed E-state index contributed by atoms with van der Waals surface area (Å²) in [6.07, 6.45) is 6.94. The van der Waals surface area contributed by atoms with Crippen molar-refractivity contribution in [3.8, 4) is 24.4 Å². The van der Waals surface area contributed by atoms with Crippen molar-refractivity contribution < 1.29 is 9.53 Å². The Morgan fingerprint density at radius 1 is 1.31 bits per heavy atom. The number of benzene rings is 1. The zero-order valence-corrected chi connectivity index (χ0v) is 6.78. The van der Waals surface area contributed by atoms with Crippen LogP contribution in [-0.4, -0.2) is 5.97 Å². The minimum atomic E-state index is -0.497. The van der Waals surface area contributed by atoms with Crippen LogP contribution in [0, 0.1) is 24.4 Å². The SMILES string of the molecule is C#CC#COC(=O)c1ccccc1. The Labute approximate surface area is 76.5 Å². The van der Waals surface area contributed by atoms with Gasteiger partial charge in [0.15, 0.2) is 0 Å². The van der Waals surface area contributed by atoms with Gasteiger partial charge >= 0.3 is 5.97 Å². The molecule has 0 fully saturated rings. The van der Waals surface area contributed by atoms with Crippen LogP contribution in [-0.2, 0) is 4.74 Å². The summed E-state index contributed by atoms with van der Waals surface area (Å²) in [5.74, 6) is 3.72. The quantitative estimate of drug-likeness (QED) is 0.471. The molecule has 0 amide bonds. The molecule has 62 valence electrons. The molecule has 0 atom stereocenters. The van der Waals surface area contributed by atoms with Gasteiger partial charge in [0, 0.05) is 5.92 Å². The van der Waals surface area contributed by atoms with Crippen LogP contribution in [0.5, 0.6) is 0 Å². The molecule has 0 unspecified atom stereocenters. The number of hydrogen-bond acceptors (Lipinski definition) is 2. The minimum Gasteiger partial charge on any atom is -0.367 e. The van der Waals surface area contributed by atoms with E-state index in [1.807, 2.05) is 12.0 Å². The van der Waals surface area contributed by atoms with Gasteiger partial charge in [0.25, 0.3) is 0 Å². The van der Waals surface area contributed by atoms with Crippen molar-refractivity contribution in [1.82, 2.24) is 0 Å². The minimum absolute atomic E-state index is 0.453. The average Bonchev–Trinajstić information content (AvgIpc) is 2.19. The average molecular weight is 170 g/mol. The number of ether oxygens (including phenoxy) is 1. The van der Waals surface area contributed by atoms with Crippen molar-refractivity contribution in [3.05, 3.63) is 35.9 Å². The summed E-state index contributed by atoms with van der Waals surface area (Å²) in [5, 5.41) is 0. The highest BCUT2D eigenvalue weighted by Gasteiger charge is 2.02. The van der Waals surface area contributed by atoms with Gasteiger partial charge in [-0.2, -0.15) is 0 Å². The summed E-state index contributed by atoms with van der Waals surface area (Å²) < 4.78 is 4.53. The van der Waals surface area contributed by atoms with E-state index in [2.05, 4.69) is 16.8 Å². The Kier molecular flexibility index (Phi) is 3.18. The van der Waals surface area contributed by atoms with Crippen LogP contribution in [0.4, 0.5) is 0 Å². The maximum absolute atomic E-state index is 11.1. The van der Waals surface area contributed by atoms with Gasteiger partial charge in [-0.1, -0.05) is 18.2 Å². The number of carbonyl (C=O) groups excluding carboxylic acids is 1. The second-order valence-electron chi connectivity index (χ2n) is 2.13. The summed E-state index contributed by atoms with van der Waals surface area (Å²) in [6.45, 7) is 0. The third-order valence-electron chi connectivity index (χ3n) is 1.28. The van der Waals surface area contributed by atoms with Gasteiger partial charge in [0.2, 0.25) is 0 Å². The van der Waals surface area contributed by atoms with Crippen molar-refractivity contribution in [2.24, 2.45) is 0 Å². The van der Waals surface area contributed by atoms with Crippen LogP contribution in [0.1, 0.15) is 10.4 Å². The van der Waals surface area contributed by atoms with Crippen molar-refractivity contribution >= 4 is 5.97 Å². The van der Waals surface area contributed by atoms with Gasteiger partial charge in [0.05, 0.1) is 5.56 Å². The Balaban J connectivity index is 2.66. The maximum atomic E-state index is 11.1. The number of carbonyl (C=O) groups is 1. The van der Waals surface area contributed by atoms with Crippen LogP contribution < -0.4 is 0 Å². The summed E-state index contributed by atoms with van der Waals surface area (Å²) in [5.41, 5.74) is 0.453. The van der Waals surface area contributed by atoms with E-state index in [0.29, 0.717) is 5.56 Å². The first kappa shape index (κ1) is 8.90. The first-order valence-corrected chi connectivity index (χ1v) is 3.56. The molecular formula is C11H6O2. The molecule has 0 N–H and O–H groups in total. The molecule has 0 heterocycles. The number of hydrogen-bond donors (Lipinski definition) is 0. The lowest BCUT2D eigenvalue weighted by molar-refractivity contribution is 0.0691.